The highest BCUT2D eigenvalue weighted by atomic mass is 32.1. The highest BCUT2D eigenvalue weighted by molar-refractivity contribution is 7.07. The molecule has 0 bridgehead atoms. The van der Waals surface area contributed by atoms with Crippen LogP contribution in [0.15, 0.2) is 41.1 Å². The Morgan fingerprint density at radius 2 is 1.92 bits per heavy atom. The van der Waals surface area contributed by atoms with Crippen LogP contribution in [0.3, 0.4) is 0 Å². The summed E-state index contributed by atoms with van der Waals surface area (Å²) >= 11 is 1.70. The minimum atomic E-state index is 0.0634. The van der Waals surface area contributed by atoms with E-state index in [4.69, 9.17) is 0 Å². The van der Waals surface area contributed by atoms with Gasteiger partial charge in [-0.3, -0.25) is 4.79 Å². The second-order valence-corrected chi connectivity index (χ2v) is 7.37. The number of nitrogens with one attached hydrogen (secondary N) is 2. The molecule has 1 unspecified atom stereocenters. The van der Waals surface area contributed by atoms with Crippen LogP contribution >= 0.6 is 11.3 Å². The Morgan fingerprint density at radius 3 is 2.58 bits per heavy atom. The van der Waals surface area contributed by atoms with E-state index in [0.717, 1.165) is 25.3 Å². The number of nitrogens with zero attached hydrogens (tertiary/aromatic N) is 1. The van der Waals surface area contributed by atoms with Crippen molar-refractivity contribution >= 4 is 28.6 Å². The van der Waals surface area contributed by atoms with E-state index in [9.17, 15) is 4.79 Å². The van der Waals surface area contributed by atoms with Gasteiger partial charge < -0.3 is 15.1 Å². The Balaban J connectivity index is 1.48. The highest BCUT2D eigenvalue weighted by Gasteiger charge is 2.13. The molecule has 4 nitrogen and oxygen atoms in total. The van der Waals surface area contributed by atoms with E-state index in [-0.39, 0.29) is 5.91 Å². The van der Waals surface area contributed by atoms with Crippen LogP contribution in [0.25, 0.3) is 0 Å². The van der Waals surface area contributed by atoms with Gasteiger partial charge in [0.1, 0.15) is 6.54 Å². The summed E-state index contributed by atoms with van der Waals surface area (Å²) in [5.41, 5.74) is 3.42. The van der Waals surface area contributed by atoms with Crippen molar-refractivity contribution in [2.24, 2.45) is 0 Å². The van der Waals surface area contributed by atoms with Gasteiger partial charge in [0.25, 0.3) is 5.91 Å². The topological polar surface area (TPSA) is 36.8 Å². The summed E-state index contributed by atoms with van der Waals surface area (Å²) in [6.45, 7) is 3.64. The summed E-state index contributed by atoms with van der Waals surface area (Å²) in [6.07, 6.45) is 3.89. The number of hydrogen-bond acceptors (Lipinski definition) is 3. The Hall–Kier alpha value is -1.85. The van der Waals surface area contributed by atoms with E-state index in [1.54, 1.807) is 11.3 Å². The van der Waals surface area contributed by atoms with Crippen molar-refractivity contribution in [1.82, 2.24) is 0 Å². The quantitative estimate of drug-likeness (QED) is 0.844. The smallest absolute Gasteiger partial charge is 0.279 e. The maximum absolute atomic E-state index is 12.2. The molecule has 0 aliphatic carbocycles. The largest absolute Gasteiger partial charge is 0.372 e. The zero-order valence-corrected chi connectivity index (χ0v) is 15.1. The number of carbonyl (C=O) groups excluding carboxylic acids is 1. The molecule has 1 atom stereocenters. The number of quaternary nitrogens is 1. The number of thiophene rings is 1. The SMILES string of the molecule is C[NH+](CC(=O)Nc1ccc(N2CCCCC2)cc1)Cc1ccsc1. The van der Waals surface area contributed by atoms with Crippen molar-refractivity contribution in [3.63, 3.8) is 0 Å². The zero-order chi connectivity index (χ0) is 16.8. The van der Waals surface area contributed by atoms with Gasteiger partial charge in [0, 0.05) is 30.0 Å². The van der Waals surface area contributed by atoms with Crippen LogP contribution < -0.4 is 15.1 Å². The Kier molecular flexibility index (Phi) is 5.88. The number of carbonyl (C=O) groups is 1. The molecule has 1 aliphatic rings. The first-order valence-electron chi connectivity index (χ1n) is 8.68. The second-order valence-electron chi connectivity index (χ2n) is 6.59. The lowest BCUT2D eigenvalue weighted by Crippen LogP contribution is -3.08. The molecular weight excluding hydrogens is 318 g/mol. The molecule has 2 N–H and O–H groups in total. The summed E-state index contributed by atoms with van der Waals surface area (Å²) in [5, 5.41) is 7.22. The van der Waals surface area contributed by atoms with Crippen molar-refractivity contribution in [1.29, 1.82) is 0 Å². The van der Waals surface area contributed by atoms with Crippen LogP contribution in [-0.2, 0) is 11.3 Å². The van der Waals surface area contributed by atoms with Gasteiger partial charge in [0.2, 0.25) is 0 Å². The minimum absolute atomic E-state index is 0.0634. The summed E-state index contributed by atoms with van der Waals surface area (Å²) in [7, 11) is 2.05. The molecule has 1 amide bonds. The van der Waals surface area contributed by atoms with Gasteiger partial charge in [-0.1, -0.05) is 0 Å². The number of likely N-dealkylation sites (N-methyl/N-ethyl adjacent to an activating group) is 1. The molecule has 1 saturated heterocycles. The minimum Gasteiger partial charge on any atom is -0.372 e. The van der Waals surface area contributed by atoms with Gasteiger partial charge in [-0.05, 0) is 60.4 Å². The van der Waals surface area contributed by atoms with E-state index >= 15 is 0 Å². The van der Waals surface area contributed by atoms with Gasteiger partial charge in [-0.25, -0.2) is 0 Å². The average Bonchev–Trinajstić information content (AvgIpc) is 3.09. The maximum Gasteiger partial charge on any atom is 0.279 e. The molecule has 2 aromatic rings. The molecule has 0 saturated carbocycles. The molecule has 0 spiro atoms. The van der Waals surface area contributed by atoms with Crippen molar-refractivity contribution in [2.45, 2.75) is 25.8 Å². The standard InChI is InChI=1S/C19H25N3OS/c1-21(13-16-9-12-24-15-16)14-19(23)20-17-5-7-18(8-6-17)22-10-3-2-4-11-22/h5-9,12,15H,2-4,10-11,13-14H2,1H3,(H,20,23)/p+1. The van der Waals surface area contributed by atoms with Crippen molar-refractivity contribution in [3.8, 4) is 0 Å². The fourth-order valence-electron chi connectivity index (χ4n) is 3.19. The lowest BCUT2D eigenvalue weighted by molar-refractivity contribution is -0.885. The number of piperidine rings is 1. The zero-order valence-electron chi connectivity index (χ0n) is 14.3. The monoisotopic (exact) mass is 344 g/mol. The molecular formula is C19H26N3OS+. The van der Waals surface area contributed by atoms with E-state index in [1.807, 2.05) is 12.1 Å². The molecule has 1 aromatic heterocycles. The third-order valence-electron chi connectivity index (χ3n) is 4.42. The number of benzene rings is 1. The Labute approximate surface area is 148 Å². The summed E-state index contributed by atoms with van der Waals surface area (Å²) in [4.78, 5) is 15.8. The van der Waals surface area contributed by atoms with Gasteiger partial charge in [-0.15, -0.1) is 0 Å². The normalized spacial score (nSPS) is 16.0. The first-order chi connectivity index (χ1) is 11.7. The summed E-state index contributed by atoms with van der Waals surface area (Å²) in [6, 6.07) is 10.4. The molecule has 3 rings (SSSR count). The molecule has 1 aliphatic heterocycles. The summed E-state index contributed by atoms with van der Waals surface area (Å²) in [5.74, 6) is 0.0634. The van der Waals surface area contributed by atoms with Crippen LogP contribution in [0.5, 0.6) is 0 Å². The van der Waals surface area contributed by atoms with Crippen LogP contribution in [0, 0.1) is 0 Å². The number of hydrogen-bond donors (Lipinski definition) is 2. The summed E-state index contributed by atoms with van der Waals surface area (Å²) < 4.78 is 0. The highest BCUT2D eigenvalue weighted by Crippen LogP contribution is 2.21. The van der Waals surface area contributed by atoms with Crippen molar-refractivity contribution in [3.05, 3.63) is 46.7 Å². The third kappa shape index (κ3) is 4.82. The lowest BCUT2D eigenvalue weighted by atomic mass is 10.1. The van der Waals surface area contributed by atoms with Crippen LogP contribution in [0.2, 0.25) is 0 Å². The maximum atomic E-state index is 12.2. The van der Waals surface area contributed by atoms with Gasteiger partial charge in [0.05, 0.1) is 7.05 Å². The van der Waals surface area contributed by atoms with Crippen LogP contribution in [0.1, 0.15) is 24.8 Å². The number of anilines is 2. The molecule has 24 heavy (non-hydrogen) atoms. The Morgan fingerprint density at radius 1 is 1.17 bits per heavy atom. The van der Waals surface area contributed by atoms with Gasteiger partial charge >= 0.3 is 0 Å². The van der Waals surface area contributed by atoms with Crippen molar-refractivity contribution < 1.29 is 9.69 Å². The van der Waals surface area contributed by atoms with Gasteiger partial charge in [-0.2, -0.15) is 11.3 Å². The lowest BCUT2D eigenvalue weighted by Gasteiger charge is -2.28. The molecule has 5 heteroatoms. The second kappa shape index (κ2) is 8.31. The Bertz CT molecular complexity index is 633. The molecule has 1 aromatic carbocycles. The first-order valence-corrected chi connectivity index (χ1v) is 9.62. The van der Waals surface area contributed by atoms with E-state index in [1.165, 1.54) is 35.4 Å². The average molecular weight is 345 g/mol. The van der Waals surface area contributed by atoms with Crippen LogP contribution in [-0.4, -0.2) is 32.6 Å². The molecule has 1 fully saturated rings. The molecule has 2 heterocycles. The van der Waals surface area contributed by atoms with Gasteiger partial charge in [0.15, 0.2) is 6.54 Å². The fourth-order valence-corrected chi connectivity index (χ4v) is 3.86. The fraction of sp³-hybridized carbons (Fsp3) is 0.421. The van der Waals surface area contributed by atoms with Crippen molar-refractivity contribution in [2.75, 3.05) is 36.9 Å². The van der Waals surface area contributed by atoms with Crippen LogP contribution in [0.4, 0.5) is 11.4 Å². The van der Waals surface area contributed by atoms with E-state index < -0.39 is 0 Å². The predicted molar refractivity (Wildman–Crippen MR) is 101 cm³/mol. The molecule has 128 valence electrons. The number of rotatable bonds is 6. The number of amides is 1. The van der Waals surface area contributed by atoms with E-state index in [0.29, 0.717) is 6.54 Å². The third-order valence-corrected chi connectivity index (χ3v) is 5.15. The molecule has 0 radical (unpaired) electrons. The first kappa shape index (κ1) is 17.0. The van der Waals surface area contributed by atoms with E-state index in [2.05, 4.69) is 46.2 Å². The predicted octanol–water partition coefficient (Wildman–Crippen LogP) is 2.39.